The topological polar surface area (TPSA) is 49.7 Å². The van der Waals surface area contributed by atoms with Gasteiger partial charge in [0.05, 0.1) is 0 Å². The zero-order valence-corrected chi connectivity index (χ0v) is 18.5. The summed E-state index contributed by atoms with van der Waals surface area (Å²) in [6, 6.07) is 19.1. The summed E-state index contributed by atoms with van der Waals surface area (Å²) in [4.78, 5) is 12.4. The molecule has 6 heteroatoms. The SMILES string of the molecule is Cc1ccc(OC[C@H]2O[C@H](n3cc(Br)ccc3=O)C[C@@H]2Oc2ccc(C)cc2)cc1. The molecule has 3 atom stereocenters. The molecule has 4 rings (SSSR count). The first-order valence-electron chi connectivity index (χ1n) is 9.94. The Balaban J connectivity index is 1.53. The van der Waals surface area contributed by atoms with E-state index in [2.05, 4.69) is 15.9 Å². The monoisotopic (exact) mass is 469 g/mol. The number of nitrogens with zero attached hydrogens (tertiary/aromatic N) is 1. The minimum absolute atomic E-state index is 0.114. The third-order valence-electron chi connectivity index (χ3n) is 5.14. The van der Waals surface area contributed by atoms with Gasteiger partial charge in [-0.2, -0.15) is 0 Å². The van der Waals surface area contributed by atoms with Crippen LogP contribution < -0.4 is 15.0 Å². The van der Waals surface area contributed by atoms with Crippen molar-refractivity contribution in [2.45, 2.75) is 38.7 Å². The van der Waals surface area contributed by atoms with Crippen molar-refractivity contribution in [2.24, 2.45) is 0 Å². The first kappa shape index (κ1) is 20.7. The summed E-state index contributed by atoms with van der Waals surface area (Å²) in [6.45, 7) is 4.41. The van der Waals surface area contributed by atoms with Crippen LogP contribution in [-0.4, -0.2) is 23.4 Å². The highest BCUT2D eigenvalue weighted by Gasteiger charge is 2.39. The van der Waals surface area contributed by atoms with E-state index in [0.717, 1.165) is 16.0 Å². The highest BCUT2D eigenvalue weighted by Crippen LogP contribution is 2.32. The third-order valence-corrected chi connectivity index (χ3v) is 5.61. The number of benzene rings is 2. The second-order valence-corrected chi connectivity index (χ2v) is 8.47. The summed E-state index contributed by atoms with van der Waals surface area (Å²) in [5.41, 5.74) is 2.23. The van der Waals surface area contributed by atoms with E-state index in [1.54, 1.807) is 16.8 Å². The Morgan fingerprint density at radius 1 is 0.967 bits per heavy atom. The van der Waals surface area contributed by atoms with Crippen LogP contribution in [0.1, 0.15) is 23.8 Å². The molecule has 0 saturated carbocycles. The predicted octanol–water partition coefficient (Wildman–Crippen LogP) is 5.04. The van der Waals surface area contributed by atoms with Gasteiger partial charge in [-0.1, -0.05) is 35.4 Å². The lowest BCUT2D eigenvalue weighted by molar-refractivity contribution is -0.0367. The number of pyridine rings is 1. The fourth-order valence-electron chi connectivity index (χ4n) is 3.45. The van der Waals surface area contributed by atoms with Crippen LogP contribution in [0.4, 0.5) is 0 Å². The second kappa shape index (κ2) is 9.06. The van der Waals surface area contributed by atoms with Crippen molar-refractivity contribution < 1.29 is 14.2 Å². The van der Waals surface area contributed by atoms with Crippen LogP contribution in [0.15, 0.2) is 76.1 Å². The van der Waals surface area contributed by atoms with E-state index in [4.69, 9.17) is 14.2 Å². The first-order valence-corrected chi connectivity index (χ1v) is 10.7. The molecule has 5 nitrogen and oxygen atoms in total. The van der Waals surface area contributed by atoms with Crippen molar-refractivity contribution in [3.63, 3.8) is 0 Å². The van der Waals surface area contributed by atoms with Gasteiger partial charge in [0.25, 0.3) is 5.56 Å². The van der Waals surface area contributed by atoms with E-state index in [-0.39, 0.29) is 17.8 Å². The van der Waals surface area contributed by atoms with E-state index < -0.39 is 6.23 Å². The molecule has 1 fully saturated rings. The molecule has 0 unspecified atom stereocenters. The number of aromatic nitrogens is 1. The Kier molecular flexibility index (Phi) is 6.25. The molecule has 1 saturated heterocycles. The van der Waals surface area contributed by atoms with Gasteiger partial charge in [-0.25, -0.2) is 0 Å². The van der Waals surface area contributed by atoms with Gasteiger partial charge in [0.1, 0.15) is 36.5 Å². The number of hydrogen-bond acceptors (Lipinski definition) is 4. The predicted molar refractivity (Wildman–Crippen MR) is 119 cm³/mol. The summed E-state index contributed by atoms with van der Waals surface area (Å²) in [6.07, 6.45) is 1.32. The zero-order valence-electron chi connectivity index (χ0n) is 17.0. The number of halogens is 1. The van der Waals surface area contributed by atoms with Gasteiger partial charge in [-0.05, 0) is 60.1 Å². The van der Waals surface area contributed by atoms with Crippen molar-refractivity contribution >= 4 is 15.9 Å². The van der Waals surface area contributed by atoms with Crippen LogP contribution >= 0.6 is 15.9 Å². The Morgan fingerprint density at radius 3 is 2.27 bits per heavy atom. The Bertz CT molecular complexity index is 1050. The maximum atomic E-state index is 12.4. The summed E-state index contributed by atoms with van der Waals surface area (Å²) in [5, 5.41) is 0. The molecule has 0 aliphatic carbocycles. The molecular weight excluding hydrogens is 446 g/mol. The van der Waals surface area contributed by atoms with Crippen LogP contribution in [0.2, 0.25) is 0 Å². The van der Waals surface area contributed by atoms with Gasteiger partial charge in [0.2, 0.25) is 0 Å². The van der Waals surface area contributed by atoms with Crippen LogP contribution in [0.25, 0.3) is 0 Å². The smallest absolute Gasteiger partial charge is 0.252 e. The van der Waals surface area contributed by atoms with E-state index in [1.807, 2.05) is 62.4 Å². The number of rotatable bonds is 6. The van der Waals surface area contributed by atoms with Gasteiger partial charge in [-0.15, -0.1) is 0 Å². The molecule has 0 amide bonds. The van der Waals surface area contributed by atoms with Crippen molar-refractivity contribution in [3.05, 3.63) is 92.8 Å². The fourth-order valence-corrected chi connectivity index (χ4v) is 3.80. The van der Waals surface area contributed by atoms with Gasteiger partial charge in [-0.3, -0.25) is 9.36 Å². The van der Waals surface area contributed by atoms with Crippen LogP contribution in [0.3, 0.4) is 0 Å². The molecule has 2 heterocycles. The normalized spacial score (nSPS) is 20.8. The summed E-state index contributed by atoms with van der Waals surface area (Å²) in [7, 11) is 0. The zero-order chi connectivity index (χ0) is 21.1. The average molecular weight is 470 g/mol. The Hall–Kier alpha value is -2.57. The lowest BCUT2D eigenvalue weighted by Crippen LogP contribution is -2.32. The van der Waals surface area contributed by atoms with E-state index in [1.165, 1.54) is 17.2 Å². The maximum absolute atomic E-state index is 12.4. The van der Waals surface area contributed by atoms with Crippen molar-refractivity contribution in [2.75, 3.05) is 6.61 Å². The van der Waals surface area contributed by atoms with E-state index >= 15 is 0 Å². The minimum Gasteiger partial charge on any atom is -0.491 e. The molecule has 0 bridgehead atoms. The van der Waals surface area contributed by atoms with Crippen molar-refractivity contribution in [3.8, 4) is 11.5 Å². The second-order valence-electron chi connectivity index (χ2n) is 7.55. The van der Waals surface area contributed by atoms with Crippen LogP contribution in [0.5, 0.6) is 11.5 Å². The van der Waals surface area contributed by atoms with Crippen molar-refractivity contribution in [1.29, 1.82) is 0 Å². The number of ether oxygens (including phenoxy) is 3. The Labute approximate surface area is 184 Å². The maximum Gasteiger partial charge on any atom is 0.252 e. The van der Waals surface area contributed by atoms with Gasteiger partial charge >= 0.3 is 0 Å². The Morgan fingerprint density at radius 2 is 1.60 bits per heavy atom. The first-order chi connectivity index (χ1) is 14.5. The highest BCUT2D eigenvalue weighted by molar-refractivity contribution is 9.10. The number of aryl methyl sites for hydroxylation is 2. The minimum atomic E-state index is -0.419. The van der Waals surface area contributed by atoms with Crippen LogP contribution in [0, 0.1) is 13.8 Å². The molecular formula is C24H24BrNO4. The average Bonchev–Trinajstić information content (AvgIpc) is 3.13. The largest absolute Gasteiger partial charge is 0.491 e. The molecule has 0 N–H and O–H groups in total. The quantitative estimate of drug-likeness (QED) is 0.507. The third kappa shape index (κ3) is 4.94. The molecule has 0 spiro atoms. The molecule has 2 aromatic carbocycles. The molecule has 3 aromatic rings. The molecule has 1 aromatic heterocycles. The number of hydrogen-bond donors (Lipinski definition) is 0. The van der Waals surface area contributed by atoms with Gasteiger partial charge < -0.3 is 14.2 Å². The molecule has 156 valence electrons. The van der Waals surface area contributed by atoms with E-state index in [0.29, 0.717) is 13.0 Å². The van der Waals surface area contributed by atoms with Gasteiger partial charge in [0.15, 0.2) is 0 Å². The lowest BCUT2D eigenvalue weighted by Gasteiger charge is -2.20. The van der Waals surface area contributed by atoms with Gasteiger partial charge in [0, 0.05) is 23.2 Å². The lowest BCUT2D eigenvalue weighted by atomic mass is 10.1. The molecule has 30 heavy (non-hydrogen) atoms. The molecule has 1 aliphatic rings. The van der Waals surface area contributed by atoms with Crippen LogP contribution in [-0.2, 0) is 4.74 Å². The summed E-state index contributed by atoms with van der Waals surface area (Å²) in [5.74, 6) is 1.55. The highest BCUT2D eigenvalue weighted by atomic mass is 79.9. The van der Waals surface area contributed by atoms with E-state index in [9.17, 15) is 4.79 Å². The fraction of sp³-hybridized carbons (Fsp3) is 0.292. The summed E-state index contributed by atoms with van der Waals surface area (Å²) >= 11 is 3.43. The molecule has 0 radical (unpaired) electrons. The standard InChI is InChI=1S/C24H24BrNO4/c1-16-3-8-19(9-4-16)28-15-22-21(29-20-10-5-17(2)6-11-20)13-24(30-22)26-14-18(25)7-12-23(26)27/h3-12,14,21-22,24H,13,15H2,1-2H3/t21-,22+,24-/m0/s1. The summed E-state index contributed by atoms with van der Waals surface area (Å²) < 4.78 is 20.9. The molecule has 1 aliphatic heterocycles. The van der Waals surface area contributed by atoms with Crippen molar-refractivity contribution in [1.82, 2.24) is 4.57 Å².